The second kappa shape index (κ2) is 6.96. The second-order valence-corrected chi connectivity index (χ2v) is 5.93. The van der Waals surface area contributed by atoms with Crippen LogP contribution in [0.2, 0.25) is 0 Å². The van der Waals surface area contributed by atoms with Gasteiger partial charge in [-0.25, -0.2) is 14.4 Å². The van der Waals surface area contributed by atoms with Gasteiger partial charge in [-0.15, -0.1) is 0 Å². The molecule has 8 nitrogen and oxygen atoms in total. The fourth-order valence-electron chi connectivity index (χ4n) is 2.33. The van der Waals surface area contributed by atoms with Crippen molar-refractivity contribution in [1.29, 1.82) is 0 Å². The minimum Gasteiger partial charge on any atom is -0.368 e. The van der Waals surface area contributed by atoms with Gasteiger partial charge in [0.1, 0.15) is 17.5 Å². The number of nitrogens with two attached hydrogens (primary N) is 2. The van der Waals surface area contributed by atoms with Crippen LogP contribution in [0.25, 0.3) is 11.4 Å². The maximum atomic E-state index is 13.8. The van der Waals surface area contributed by atoms with Crippen molar-refractivity contribution in [1.82, 2.24) is 24.9 Å². The standard InChI is InChI=1S/C17H19FN8/c1-8(19)11-4-13(16-23-10(3)24-17(20)26-16)15(22-6-11)25-12-5-14(18)9(2)21-7-12/h4-8H,19H2,1-3H3,(H,22,25)(H2,20,23,24,26). The predicted molar refractivity (Wildman–Crippen MR) is 97.0 cm³/mol. The molecule has 0 amide bonds. The normalized spacial score (nSPS) is 12.0. The lowest BCUT2D eigenvalue weighted by molar-refractivity contribution is 0.610. The van der Waals surface area contributed by atoms with Crippen molar-refractivity contribution in [2.45, 2.75) is 26.8 Å². The van der Waals surface area contributed by atoms with E-state index in [1.54, 1.807) is 20.0 Å². The van der Waals surface area contributed by atoms with Gasteiger partial charge < -0.3 is 16.8 Å². The minimum atomic E-state index is -0.413. The number of aromatic nitrogens is 5. The number of anilines is 3. The molecule has 1 atom stereocenters. The van der Waals surface area contributed by atoms with E-state index in [9.17, 15) is 4.39 Å². The summed E-state index contributed by atoms with van der Waals surface area (Å²) in [6.45, 7) is 5.16. The van der Waals surface area contributed by atoms with E-state index in [1.165, 1.54) is 12.3 Å². The maximum absolute atomic E-state index is 13.8. The first-order valence-electron chi connectivity index (χ1n) is 7.96. The highest BCUT2D eigenvalue weighted by molar-refractivity contribution is 5.75. The number of hydrogen-bond donors (Lipinski definition) is 3. The van der Waals surface area contributed by atoms with Crippen LogP contribution in [0.15, 0.2) is 24.5 Å². The molecule has 134 valence electrons. The smallest absolute Gasteiger partial charge is 0.223 e. The Balaban J connectivity index is 2.10. The topological polar surface area (TPSA) is 129 Å². The average molecular weight is 354 g/mol. The molecule has 0 aromatic carbocycles. The van der Waals surface area contributed by atoms with Crippen LogP contribution in [0.3, 0.4) is 0 Å². The van der Waals surface area contributed by atoms with Crippen molar-refractivity contribution < 1.29 is 4.39 Å². The lowest BCUT2D eigenvalue weighted by Gasteiger charge is -2.14. The third-order valence-corrected chi connectivity index (χ3v) is 3.73. The summed E-state index contributed by atoms with van der Waals surface area (Å²) < 4.78 is 13.8. The molecule has 26 heavy (non-hydrogen) atoms. The molecule has 0 aliphatic carbocycles. The minimum absolute atomic E-state index is 0.104. The Bertz CT molecular complexity index is 937. The Kier molecular flexibility index (Phi) is 4.72. The zero-order valence-electron chi connectivity index (χ0n) is 14.7. The lowest BCUT2D eigenvalue weighted by Crippen LogP contribution is -2.09. The van der Waals surface area contributed by atoms with Crippen molar-refractivity contribution in [2.75, 3.05) is 11.1 Å². The van der Waals surface area contributed by atoms with Crippen molar-refractivity contribution in [2.24, 2.45) is 5.73 Å². The molecule has 0 spiro atoms. The second-order valence-electron chi connectivity index (χ2n) is 5.93. The molecule has 1 unspecified atom stereocenters. The first-order valence-corrected chi connectivity index (χ1v) is 7.96. The third-order valence-electron chi connectivity index (χ3n) is 3.73. The molecule has 0 saturated heterocycles. The van der Waals surface area contributed by atoms with Crippen LogP contribution in [-0.2, 0) is 0 Å². The summed E-state index contributed by atoms with van der Waals surface area (Å²) in [4.78, 5) is 20.9. The molecular formula is C17H19FN8. The highest BCUT2D eigenvalue weighted by atomic mass is 19.1. The Hall–Kier alpha value is -3.20. The van der Waals surface area contributed by atoms with E-state index >= 15 is 0 Å². The molecule has 3 aromatic heterocycles. The van der Waals surface area contributed by atoms with Gasteiger partial charge in [0, 0.05) is 18.3 Å². The molecule has 3 aromatic rings. The number of nitrogen functional groups attached to an aromatic ring is 1. The molecular weight excluding hydrogens is 335 g/mol. The number of hydrogen-bond acceptors (Lipinski definition) is 8. The molecule has 0 aliphatic heterocycles. The molecule has 0 fully saturated rings. The summed E-state index contributed by atoms with van der Waals surface area (Å²) in [6.07, 6.45) is 3.17. The van der Waals surface area contributed by atoms with Crippen molar-refractivity contribution in [3.05, 3.63) is 47.4 Å². The van der Waals surface area contributed by atoms with Crippen LogP contribution in [0.1, 0.15) is 30.0 Å². The zero-order chi connectivity index (χ0) is 18.8. The fourth-order valence-corrected chi connectivity index (χ4v) is 2.33. The van der Waals surface area contributed by atoms with E-state index in [1.807, 2.05) is 13.0 Å². The average Bonchev–Trinajstić information content (AvgIpc) is 2.57. The molecule has 3 rings (SSSR count). The van der Waals surface area contributed by atoms with Crippen LogP contribution in [0.4, 0.5) is 21.8 Å². The SMILES string of the molecule is Cc1nc(N)nc(-c2cc(C(C)N)cnc2Nc2cnc(C)c(F)c2)n1. The fraction of sp³-hybridized carbons (Fsp3) is 0.235. The molecule has 0 bridgehead atoms. The summed E-state index contributed by atoms with van der Waals surface area (Å²) in [5.74, 6) is 0.960. The summed E-state index contributed by atoms with van der Waals surface area (Å²) in [5.41, 5.74) is 13.9. The van der Waals surface area contributed by atoms with Gasteiger partial charge in [0.15, 0.2) is 5.82 Å². The van der Waals surface area contributed by atoms with Crippen LogP contribution in [-0.4, -0.2) is 24.9 Å². The summed E-state index contributed by atoms with van der Waals surface area (Å²) in [6, 6.07) is 2.95. The van der Waals surface area contributed by atoms with Gasteiger partial charge in [-0.05, 0) is 32.4 Å². The van der Waals surface area contributed by atoms with Crippen molar-refractivity contribution in [3.63, 3.8) is 0 Å². The number of aryl methyl sites for hydroxylation is 2. The predicted octanol–water partition coefficient (Wildman–Crippen LogP) is 2.43. The maximum Gasteiger partial charge on any atom is 0.223 e. The molecule has 0 saturated carbocycles. The third kappa shape index (κ3) is 3.72. The monoisotopic (exact) mass is 354 g/mol. The Morgan fingerprint density at radius 3 is 2.50 bits per heavy atom. The molecule has 3 heterocycles. The first kappa shape index (κ1) is 17.6. The van der Waals surface area contributed by atoms with Gasteiger partial charge in [0.25, 0.3) is 0 Å². The Morgan fingerprint density at radius 1 is 1.08 bits per heavy atom. The summed E-state index contributed by atoms with van der Waals surface area (Å²) in [5, 5.41) is 3.05. The van der Waals surface area contributed by atoms with Gasteiger partial charge in [0.2, 0.25) is 5.95 Å². The lowest BCUT2D eigenvalue weighted by atomic mass is 10.1. The zero-order valence-corrected chi connectivity index (χ0v) is 14.7. The number of pyridine rings is 2. The van der Waals surface area contributed by atoms with Gasteiger partial charge in [-0.1, -0.05) is 0 Å². The van der Waals surface area contributed by atoms with E-state index in [0.717, 1.165) is 5.56 Å². The van der Waals surface area contributed by atoms with Crippen LogP contribution < -0.4 is 16.8 Å². The highest BCUT2D eigenvalue weighted by Crippen LogP contribution is 2.29. The number of halogens is 1. The van der Waals surface area contributed by atoms with Crippen LogP contribution in [0.5, 0.6) is 0 Å². The summed E-state index contributed by atoms with van der Waals surface area (Å²) in [7, 11) is 0. The number of rotatable bonds is 4. The van der Waals surface area contributed by atoms with E-state index in [2.05, 4.69) is 30.2 Å². The van der Waals surface area contributed by atoms with Crippen molar-refractivity contribution >= 4 is 17.5 Å². The molecule has 0 aliphatic rings. The molecule has 5 N–H and O–H groups in total. The Labute approximate surface area is 149 Å². The number of nitrogens with one attached hydrogen (secondary N) is 1. The highest BCUT2D eigenvalue weighted by Gasteiger charge is 2.15. The van der Waals surface area contributed by atoms with E-state index in [0.29, 0.717) is 34.4 Å². The van der Waals surface area contributed by atoms with E-state index in [-0.39, 0.29) is 12.0 Å². The molecule has 9 heteroatoms. The van der Waals surface area contributed by atoms with Crippen LogP contribution in [0, 0.1) is 19.7 Å². The van der Waals surface area contributed by atoms with Gasteiger partial charge in [-0.3, -0.25) is 4.98 Å². The van der Waals surface area contributed by atoms with E-state index < -0.39 is 5.82 Å². The quantitative estimate of drug-likeness (QED) is 0.651. The van der Waals surface area contributed by atoms with Crippen molar-refractivity contribution in [3.8, 4) is 11.4 Å². The molecule has 0 radical (unpaired) electrons. The van der Waals surface area contributed by atoms with Crippen LogP contribution >= 0.6 is 0 Å². The Morgan fingerprint density at radius 2 is 1.85 bits per heavy atom. The first-order chi connectivity index (χ1) is 12.3. The summed E-state index contributed by atoms with van der Waals surface area (Å²) >= 11 is 0. The van der Waals surface area contributed by atoms with Gasteiger partial charge in [0.05, 0.1) is 23.1 Å². The largest absolute Gasteiger partial charge is 0.368 e. The van der Waals surface area contributed by atoms with Gasteiger partial charge >= 0.3 is 0 Å². The van der Waals surface area contributed by atoms with Gasteiger partial charge in [-0.2, -0.15) is 9.97 Å². The number of nitrogens with zero attached hydrogens (tertiary/aromatic N) is 5. The van der Waals surface area contributed by atoms with E-state index in [4.69, 9.17) is 11.5 Å².